The Kier molecular flexibility index (Phi) is 3.94. The van der Waals surface area contributed by atoms with Crippen LogP contribution in [0.3, 0.4) is 0 Å². The van der Waals surface area contributed by atoms with Gasteiger partial charge in [0.2, 0.25) is 5.91 Å². The van der Waals surface area contributed by atoms with Crippen LogP contribution in [0.1, 0.15) is 17.2 Å². The van der Waals surface area contributed by atoms with Crippen LogP contribution in [0.25, 0.3) is 0 Å². The van der Waals surface area contributed by atoms with Crippen LogP contribution in [0.15, 0.2) is 46.9 Å². The van der Waals surface area contributed by atoms with Crippen molar-refractivity contribution in [2.75, 3.05) is 12.4 Å². The Morgan fingerprint density at radius 2 is 2.05 bits per heavy atom. The SMILES string of the molecule is CNC1C(=O)Nc2cc(OCc3ccccc3)c(Br)cc21. The third-order valence-corrected chi connectivity index (χ3v) is 4.08. The average Bonchev–Trinajstić information content (AvgIpc) is 2.80. The van der Waals surface area contributed by atoms with Gasteiger partial charge in [-0.05, 0) is 34.6 Å². The number of amides is 1. The maximum Gasteiger partial charge on any atom is 0.246 e. The molecule has 1 aliphatic rings. The van der Waals surface area contributed by atoms with Gasteiger partial charge in [0, 0.05) is 17.3 Å². The van der Waals surface area contributed by atoms with Crippen LogP contribution in [0.4, 0.5) is 5.69 Å². The van der Waals surface area contributed by atoms with E-state index in [1.165, 1.54) is 0 Å². The van der Waals surface area contributed by atoms with Crippen LogP contribution in [-0.2, 0) is 11.4 Å². The number of hydrogen-bond acceptors (Lipinski definition) is 3. The Bertz CT molecular complexity index is 673. The Labute approximate surface area is 131 Å². The van der Waals surface area contributed by atoms with Gasteiger partial charge in [-0.15, -0.1) is 0 Å². The summed E-state index contributed by atoms with van der Waals surface area (Å²) in [7, 11) is 1.77. The van der Waals surface area contributed by atoms with Crippen molar-refractivity contribution in [3.8, 4) is 5.75 Å². The number of likely N-dealkylation sites (N-methyl/N-ethyl adjacent to an activating group) is 1. The lowest BCUT2D eigenvalue weighted by Crippen LogP contribution is -2.23. The maximum atomic E-state index is 11.8. The van der Waals surface area contributed by atoms with E-state index in [4.69, 9.17) is 4.74 Å². The average molecular weight is 347 g/mol. The molecule has 1 amide bonds. The van der Waals surface area contributed by atoms with Gasteiger partial charge in [0.15, 0.2) is 0 Å². The monoisotopic (exact) mass is 346 g/mol. The number of nitrogens with one attached hydrogen (secondary N) is 2. The molecular formula is C16H15BrN2O2. The molecule has 21 heavy (non-hydrogen) atoms. The van der Waals surface area contributed by atoms with Gasteiger partial charge in [0.05, 0.1) is 4.47 Å². The van der Waals surface area contributed by atoms with Crippen LogP contribution < -0.4 is 15.4 Å². The molecule has 4 nitrogen and oxygen atoms in total. The second-order valence-corrected chi connectivity index (χ2v) is 5.71. The summed E-state index contributed by atoms with van der Waals surface area (Å²) in [5, 5.41) is 5.86. The first-order valence-electron chi connectivity index (χ1n) is 6.67. The minimum Gasteiger partial charge on any atom is -0.488 e. The van der Waals surface area contributed by atoms with E-state index in [-0.39, 0.29) is 11.9 Å². The van der Waals surface area contributed by atoms with Crippen molar-refractivity contribution in [1.29, 1.82) is 0 Å². The van der Waals surface area contributed by atoms with Crippen molar-refractivity contribution in [2.45, 2.75) is 12.6 Å². The van der Waals surface area contributed by atoms with E-state index in [0.29, 0.717) is 6.61 Å². The first kappa shape index (κ1) is 14.1. The van der Waals surface area contributed by atoms with Crippen LogP contribution in [-0.4, -0.2) is 13.0 Å². The predicted molar refractivity (Wildman–Crippen MR) is 85.3 cm³/mol. The number of carbonyl (C=O) groups is 1. The lowest BCUT2D eigenvalue weighted by Gasteiger charge is -2.12. The van der Waals surface area contributed by atoms with E-state index in [1.807, 2.05) is 42.5 Å². The summed E-state index contributed by atoms with van der Waals surface area (Å²) in [5.74, 6) is 0.675. The van der Waals surface area contributed by atoms with Gasteiger partial charge in [-0.25, -0.2) is 0 Å². The number of fused-ring (bicyclic) bond motifs is 1. The molecule has 108 valence electrons. The first-order valence-corrected chi connectivity index (χ1v) is 7.46. The highest BCUT2D eigenvalue weighted by atomic mass is 79.9. The Morgan fingerprint density at radius 3 is 2.76 bits per heavy atom. The lowest BCUT2D eigenvalue weighted by molar-refractivity contribution is -0.117. The molecule has 1 heterocycles. The van der Waals surface area contributed by atoms with E-state index in [0.717, 1.165) is 27.0 Å². The van der Waals surface area contributed by atoms with Crippen LogP contribution >= 0.6 is 15.9 Å². The highest BCUT2D eigenvalue weighted by molar-refractivity contribution is 9.10. The molecule has 1 atom stereocenters. The van der Waals surface area contributed by atoms with Gasteiger partial charge in [-0.3, -0.25) is 4.79 Å². The third-order valence-electron chi connectivity index (χ3n) is 3.46. The fourth-order valence-corrected chi connectivity index (χ4v) is 2.87. The van der Waals surface area contributed by atoms with Crippen LogP contribution in [0.5, 0.6) is 5.75 Å². The summed E-state index contributed by atoms with van der Waals surface area (Å²) >= 11 is 3.51. The molecule has 1 unspecified atom stereocenters. The minimum absolute atomic E-state index is 0.0420. The summed E-state index contributed by atoms with van der Waals surface area (Å²) in [6, 6.07) is 13.4. The molecule has 0 spiro atoms. The highest BCUT2D eigenvalue weighted by Crippen LogP contribution is 2.38. The molecule has 0 bridgehead atoms. The van der Waals surface area contributed by atoms with Crippen molar-refractivity contribution in [2.24, 2.45) is 0 Å². The number of anilines is 1. The van der Waals surface area contributed by atoms with Gasteiger partial charge >= 0.3 is 0 Å². The zero-order valence-corrected chi connectivity index (χ0v) is 13.1. The van der Waals surface area contributed by atoms with Crippen molar-refractivity contribution in [3.63, 3.8) is 0 Å². The Balaban J connectivity index is 1.82. The molecule has 1 aliphatic heterocycles. The number of ether oxygens (including phenoxy) is 1. The molecule has 3 rings (SSSR count). The van der Waals surface area contributed by atoms with Crippen molar-refractivity contribution < 1.29 is 9.53 Å². The van der Waals surface area contributed by atoms with Crippen molar-refractivity contribution in [1.82, 2.24) is 5.32 Å². The molecule has 0 aliphatic carbocycles. The molecule has 5 heteroatoms. The van der Waals surface area contributed by atoms with E-state index in [2.05, 4.69) is 26.6 Å². The summed E-state index contributed by atoms with van der Waals surface area (Å²) in [6.45, 7) is 0.488. The quantitative estimate of drug-likeness (QED) is 0.893. The molecule has 2 aromatic carbocycles. The molecule has 0 saturated carbocycles. The summed E-state index contributed by atoms with van der Waals surface area (Å²) in [5.41, 5.74) is 2.83. The summed E-state index contributed by atoms with van der Waals surface area (Å²) in [4.78, 5) is 11.8. The largest absolute Gasteiger partial charge is 0.488 e. The molecule has 0 fully saturated rings. The van der Waals surface area contributed by atoms with E-state index in [9.17, 15) is 4.79 Å². The number of benzene rings is 2. The van der Waals surface area contributed by atoms with Gasteiger partial charge < -0.3 is 15.4 Å². The summed E-state index contributed by atoms with van der Waals surface area (Å²) < 4.78 is 6.68. The van der Waals surface area contributed by atoms with Gasteiger partial charge in [0.1, 0.15) is 18.4 Å². The molecular weight excluding hydrogens is 332 g/mol. The second kappa shape index (κ2) is 5.87. The van der Waals surface area contributed by atoms with Gasteiger partial charge in [-0.1, -0.05) is 30.3 Å². The zero-order chi connectivity index (χ0) is 14.8. The second-order valence-electron chi connectivity index (χ2n) is 4.86. The predicted octanol–water partition coefficient (Wildman–Crippen LogP) is 3.24. The van der Waals surface area contributed by atoms with E-state index >= 15 is 0 Å². The highest BCUT2D eigenvalue weighted by Gasteiger charge is 2.30. The number of halogens is 1. The topological polar surface area (TPSA) is 50.4 Å². The lowest BCUT2D eigenvalue weighted by atomic mass is 10.1. The van der Waals surface area contributed by atoms with Crippen molar-refractivity contribution in [3.05, 3.63) is 58.1 Å². The minimum atomic E-state index is -0.306. The van der Waals surface area contributed by atoms with E-state index < -0.39 is 0 Å². The summed E-state index contributed by atoms with van der Waals surface area (Å²) in [6.07, 6.45) is 0. The molecule has 0 radical (unpaired) electrons. The Hall–Kier alpha value is -1.85. The third kappa shape index (κ3) is 2.80. The van der Waals surface area contributed by atoms with Gasteiger partial charge in [-0.2, -0.15) is 0 Å². The standard InChI is InChI=1S/C16H15BrN2O2/c1-18-15-11-7-12(17)14(8-13(11)19-16(15)20)21-9-10-5-3-2-4-6-10/h2-8,15,18H,9H2,1H3,(H,19,20). The number of rotatable bonds is 4. The smallest absolute Gasteiger partial charge is 0.246 e. The molecule has 0 saturated heterocycles. The van der Waals surface area contributed by atoms with Crippen LogP contribution in [0.2, 0.25) is 0 Å². The first-order chi connectivity index (χ1) is 10.2. The maximum absolute atomic E-state index is 11.8. The Morgan fingerprint density at radius 1 is 1.29 bits per heavy atom. The normalized spacial score (nSPS) is 16.5. The van der Waals surface area contributed by atoms with Crippen LogP contribution in [0, 0.1) is 0 Å². The molecule has 2 N–H and O–H groups in total. The number of hydrogen-bond donors (Lipinski definition) is 2. The fourth-order valence-electron chi connectivity index (χ4n) is 2.39. The van der Waals surface area contributed by atoms with Gasteiger partial charge in [0.25, 0.3) is 0 Å². The fraction of sp³-hybridized carbons (Fsp3) is 0.188. The van der Waals surface area contributed by atoms with Crippen molar-refractivity contribution >= 4 is 27.5 Å². The zero-order valence-electron chi connectivity index (χ0n) is 11.5. The molecule has 2 aromatic rings. The number of carbonyl (C=O) groups excluding carboxylic acids is 1. The van der Waals surface area contributed by atoms with E-state index in [1.54, 1.807) is 7.05 Å². The molecule has 0 aromatic heterocycles.